The molecule has 2 rings (SSSR count). The molecular formula is C19H24N4O. The van der Waals surface area contributed by atoms with Gasteiger partial charge in [-0.2, -0.15) is 0 Å². The molecule has 0 aliphatic heterocycles. The van der Waals surface area contributed by atoms with Gasteiger partial charge in [0.2, 0.25) is 0 Å². The van der Waals surface area contributed by atoms with Gasteiger partial charge < -0.3 is 16.4 Å². The Hall–Kier alpha value is -2.82. The maximum atomic E-state index is 11.9. The number of nitrogens with zero attached hydrogens (tertiary/aromatic N) is 1. The van der Waals surface area contributed by atoms with Crippen molar-refractivity contribution < 1.29 is 4.79 Å². The van der Waals surface area contributed by atoms with Gasteiger partial charge in [0.1, 0.15) is 0 Å². The van der Waals surface area contributed by atoms with Gasteiger partial charge in [0.25, 0.3) is 5.91 Å². The maximum absolute atomic E-state index is 11.9. The zero-order chi connectivity index (χ0) is 17.4. The Labute approximate surface area is 143 Å². The van der Waals surface area contributed by atoms with Gasteiger partial charge in [-0.15, -0.1) is 0 Å². The lowest BCUT2D eigenvalue weighted by Crippen LogP contribution is -2.26. The summed E-state index contributed by atoms with van der Waals surface area (Å²) in [6.07, 6.45) is 0.730. The van der Waals surface area contributed by atoms with Crippen molar-refractivity contribution in [2.75, 3.05) is 18.4 Å². The van der Waals surface area contributed by atoms with Crippen LogP contribution in [0.25, 0.3) is 0 Å². The first-order chi connectivity index (χ1) is 11.5. The summed E-state index contributed by atoms with van der Waals surface area (Å²) in [6.45, 7) is 5.20. The molecule has 0 unspecified atom stereocenters. The highest BCUT2D eigenvalue weighted by Gasteiger charge is 2.02. The molecule has 0 aliphatic rings. The first-order valence-corrected chi connectivity index (χ1v) is 8.03. The number of carbonyl (C=O) groups excluding carboxylic acids is 1. The molecule has 5 nitrogen and oxygen atoms in total. The lowest BCUT2D eigenvalue weighted by atomic mass is 10.1. The van der Waals surface area contributed by atoms with Crippen molar-refractivity contribution >= 4 is 17.6 Å². The number of hydrogen-bond acceptors (Lipinski definition) is 2. The molecule has 0 heterocycles. The van der Waals surface area contributed by atoms with Gasteiger partial charge >= 0.3 is 0 Å². The molecule has 0 saturated carbocycles. The minimum Gasteiger partial charge on any atom is -0.370 e. The van der Waals surface area contributed by atoms with E-state index < -0.39 is 0 Å². The normalized spacial score (nSPS) is 11.2. The fourth-order valence-electron chi connectivity index (χ4n) is 2.41. The first kappa shape index (κ1) is 17.5. The van der Waals surface area contributed by atoms with E-state index >= 15 is 0 Å². The SMILES string of the molecule is Cc1cc(C)cc(NC(N)=NCCCNC(=O)c2ccccc2)c1. The minimum atomic E-state index is -0.0686. The van der Waals surface area contributed by atoms with E-state index in [1.165, 1.54) is 11.1 Å². The summed E-state index contributed by atoms with van der Waals surface area (Å²) in [6, 6.07) is 15.3. The third-order valence-electron chi connectivity index (χ3n) is 3.43. The molecule has 0 saturated heterocycles. The number of rotatable bonds is 6. The van der Waals surface area contributed by atoms with Gasteiger partial charge in [-0.3, -0.25) is 9.79 Å². The second kappa shape index (κ2) is 8.72. The van der Waals surface area contributed by atoms with Crippen molar-refractivity contribution in [3.05, 3.63) is 65.2 Å². The summed E-state index contributed by atoms with van der Waals surface area (Å²) in [7, 11) is 0. The van der Waals surface area contributed by atoms with E-state index in [0.29, 0.717) is 24.6 Å². The molecule has 126 valence electrons. The van der Waals surface area contributed by atoms with Crippen molar-refractivity contribution in [2.24, 2.45) is 10.7 Å². The number of nitrogens with one attached hydrogen (secondary N) is 2. The van der Waals surface area contributed by atoms with Gasteiger partial charge in [-0.25, -0.2) is 0 Å². The number of carbonyl (C=O) groups is 1. The summed E-state index contributed by atoms with van der Waals surface area (Å²) in [4.78, 5) is 16.1. The third kappa shape index (κ3) is 5.76. The molecule has 0 fully saturated rings. The average molecular weight is 324 g/mol. The van der Waals surface area contributed by atoms with Gasteiger partial charge in [-0.1, -0.05) is 24.3 Å². The van der Waals surface area contributed by atoms with Crippen LogP contribution in [0.1, 0.15) is 27.9 Å². The predicted molar refractivity (Wildman–Crippen MR) is 99.4 cm³/mol. The zero-order valence-corrected chi connectivity index (χ0v) is 14.2. The average Bonchev–Trinajstić information content (AvgIpc) is 2.54. The number of anilines is 1. The van der Waals surface area contributed by atoms with Crippen LogP contribution in [0, 0.1) is 13.8 Å². The van der Waals surface area contributed by atoms with Crippen molar-refractivity contribution in [1.82, 2.24) is 5.32 Å². The van der Waals surface area contributed by atoms with Gasteiger partial charge in [-0.05, 0) is 55.7 Å². The second-order valence-corrected chi connectivity index (χ2v) is 5.74. The molecule has 1 amide bonds. The first-order valence-electron chi connectivity index (χ1n) is 8.03. The molecule has 0 spiro atoms. The number of guanidine groups is 1. The molecule has 2 aromatic carbocycles. The van der Waals surface area contributed by atoms with E-state index in [9.17, 15) is 4.79 Å². The fraction of sp³-hybridized carbons (Fsp3) is 0.263. The highest BCUT2D eigenvalue weighted by atomic mass is 16.1. The van der Waals surface area contributed by atoms with Crippen molar-refractivity contribution in [2.45, 2.75) is 20.3 Å². The van der Waals surface area contributed by atoms with E-state index in [1.54, 1.807) is 12.1 Å². The summed E-state index contributed by atoms with van der Waals surface area (Å²) in [5.74, 6) is 0.315. The van der Waals surface area contributed by atoms with Crippen LogP contribution in [0.5, 0.6) is 0 Å². The molecule has 2 aromatic rings. The molecule has 0 bridgehead atoms. The Morgan fingerprint density at radius 1 is 1.08 bits per heavy atom. The maximum Gasteiger partial charge on any atom is 0.251 e. The summed E-state index contributed by atoms with van der Waals surface area (Å²) < 4.78 is 0. The van der Waals surface area contributed by atoms with Gasteiger partial charge in [0.05, 0.1) is 0 Å². The lowest BCUT2D eigenvalue weighted by Gasteiger charge is -2.08. The number of hydrogen-bond donors (Lipinski definition) is 3. The molecule has 0 aliphatic carbocycles. The van der Waals surface area contributed by atoms with Crippen LogP contribution in [0.15, 0.2) is 53.5 Å². The van der Waals surface area contributed by atoms with Crippen molar-refractivity contribution in [3.8, 4) is 0 Å². The van der Waals surface area contributed by atoms with Gasteiger partial charge in [0.15, 0.2) is 5.96 Å². The Kier molecular flexibility index (Phi) is 6.37. The molecule has 4 N–H and O–H groups in total. The number of nitrogens with two attached hydrogens (primary N) is 1. The van der Waals surface area contributed by atoms with Crippen LogP contribution < -0.4 is 16.4 Å². The number of aryl methyl sites for hydroxylation is 2. The number of benzene rings is 2. The fourth-order valence-corrected chi connectivity index (χ4v) is 2.41. The topological polar surface area (TPSA) is 79.5 Å². The number of amides is 1. The highest BCUT2D eigenvalue weighted by molar-refractivity contribution is 5.94. The third-order valence-corrected chi connectivity index (χ3v) is 3.43. The highest BCUT2D eigenvalue weighted by Crippen LogP contribution is 2.13. The van der Waals surface area contributed by atoms with E-state index in [-0.39, 0.29) is 5.91 Å². The standard InChI is InChI=1S/C19H24N4O/c1-14-11-15(2)13-17(12-14)23-19(20)22-10-6-9-21-18(24)16-7-4-3-5-8-16/h3-5,7-8,11-13H,6,9-10H2,1-2H3,(H,21,24)(H3,20,22,23). The largest absolute Gasteiger partial charge is 0.370 e. The predicted octanol–water partition coefficient (Wildman–Crippen LogP) is 2.85. The minimum absolute atomic E-state index is 0.0686. The summed E-state index contributed by atoms with van der Waals surface area (Å²) in [5.41, 5.74) is 9.84. The second-order valence-electron chi connectivity index (χ2n) is 5.74. The molecule has 0 aromatic heterocycles. The summed E-state index contributed by atoms with van der Waals surface area (Å²) in [5, 5.41) is 5.96. The Morgan fingerprint density at radius 3 is 2.42 bits per heavy atom. The molecule has 5 heteroatoms. The Balaban J connectivity index is 1.72. The van der Waals surface area contributed by atoms with E-state index in [0.717, 1.165) is 12.1 Å². The van der Waals surface area contributed by atoms with E-state index in [4.69, 9.17) is 5.73 Å². The van der Waals surface area contributed by atoms with Crippen LogP contribution in [-0.4, -0.2) is 25.0 Å². The van der Waals surface area contributed by atoms with Crippen LogP contribution in [0.2, 0.25) is 0 Å². The molecule has 0 radical (unpaired) electrons. The van der Waals surface area contributed by atoms with E-state index in [1.807, 2.05) is 44.2 Å². The lowest BCUT2D eigenvalue weighted by molar-refractivity contribution is 0.0953. The molecule has 24 heavy (non-hydrogen) atoms. The quantitative estimate of drug-likeness (QED) is 0.434. The zero-order valence-electron chi connectivity index (χ0n) is 14.2. The monoisotopic (exact) mass is 324 g/mol. The van der Waals surface area contributed by atoms with Crippen LogP contribution in [0.3, 0.4) is 0 Å². The Bertz CT molecular complexity index is 690. The molecule has 0 atom stereocenters. The van der Waals surface area contributed by atoms with Gasteiger partial charge in [0, 0.05) is 24.3 Å². The van der Waals surface area contributed by atoms with Crippen LogP contribution >= 0.6 is 0 Å². The van der Waals surface area contributed by atoms with Crippen molar-refractivity contribution in [1.29, 1.82) is 0 Å². The smallest absolute Gasteiger partial charge is 0.251 e. The molecular weight excluding hydrogens is 300 g/mol. The van der Waals surface area contributed by atoms with Crippen molar-refractivity contribution in [3.63, 3.8) is 0 Å². The summed E-state index contributed by atoms with van der Waals surface area (Å²) >= 11 is 0. The van der Waals surface area contributed by atoms with E-state index in [2.05, 4.69) is 21.7 Å². The van der Waals surface area contributed by atoms with Crippen LogP contribution in [-0.2, 0) is 0 Å². The van der Waals surface area contributed by atoms with Crippen LogP contribution in [0.4, 0.5) is 5.69 Å². The Morgan fingerprint density at radius 2 is 1.75 bits per heavy atom. The number of aliphatic imine (C=N–C) groups is 1.